The number of nitrogens with two attached hydrogens (primary N) is 1. The maximum Gasteiger partial charge on any atom is 0.304 e. The molecule has 1 heterocycles. The Balaban J connectivity index is 2.03. The molecule has 1 aromatic carbocycles. The zero-order chi connectivity index (χ0) is 14.5. The maximum atomic E-state index is 11.0. The van der Waals surface area contributed by atoms with E-state index in [4.69, 9.17) is 15.6 Å². The predicted molar refractivity (Wildman–Crippen MR) is 76.7 cm³/mol. The average molecular weight is 278 g/mol. The molecular weight excluding hydrogens is 256 g/mol. The van der Waals surface area contributed by atoms with Crippen molar-refractivity contribution < 1.29 is 14.6 Å². The first kappa shape index (κ1) is 14.8. The van der Waals surface area contributed by atoms with E-state index in [-0.39, 0.29) is 18.5 Å². The van der Waals surface area contributed by atoms with Gasteiger partial charge in [0.25, 0.3) is 0 Å². The van der Waals surface area contributed by atoms with Crippen LogP contribution in [0.15, 0.2) is 24.3 Å². The van der Waals surface area contributed by atoms with Crippen LogP contribution in [0.4, 0.5) is 0 Å². The lowest BCUT2D eigenvalue weighted by molar-refractivity contribution is -0.138. The van der Waals surface area contributed by atoms with Crippen molar-refractivity contribution >= 4 is 5.97 Å². The molecule has 1 saturated heterocycles. The molecule has 0 radical (unpaired) electrons. The van der Waals surface area contributed by atoms with Gasteiger partial charge in [0.05, 0.1) is 13.5 Å². The number of benzene rings is 1. The first-order valence-corrected chi connectivity index (χ1v) is 6.93. The van der Waals surface area contributed by atoms with Crippen LogP contribution in [0.1, 0.15) is 24.8 Å². The zero-order valence-corrected chi connectivity index (χ0v) is 11.8. The third kappa shape index (κ3) is 3.95. The molecular formula is C15H22N2O3. The second-order valence-corrected chi connectivity index (χ2v) is 5.37. The average Bonchev–Trinajstić information content (AvgIpc) is 2.42. The van der Waals surface area contributed by atoms with Crippen molar-refractivity contribution in [3.8, 4) is 5.75 Å². The molecule has 0 saturated carbocycles. The van der Waals surface area contributed by atoms with Gasteiger partial charge in [0.15, 0.2) is 0 Å². The standard InChI is InChI=1S/C15H22N2O3/c1-20-14-6-2-11(3-7-14)9-17-10-12(16)4-5-13(17)8-15(18)19/h2-3,6-7,12-13H,4-5,8-10,16H2,1H3,(H,18,19)/t12-,13+/m1/s1. The van der Waals surface area contributed by atoms with Gasteiger partial charge < -0.3 is 15.6 Å². The van der Waals surface area contributed by atoms with Gasteiger partial charge in [-0.1, -0.05) is 12.1 Å². The summed E-state index contributed by atoms with van der Waals surface area (Å²) in [6.45, 7) is 1.49. The summed E-state index contributed by atoms with van der Waals surface area (Å²) in [5, 5.41) is 9.01. The minimum atomic E-state index is -0.745. The first-order chi connectivity index (χ1) is 9.58. The number of rotatable bonds is 5. The van der Waals surface area contributed by atoms with Crippen LogP contribution in [0.2, 0.25) is 0 Å². The number of hydrogen-bond acceptors (Lipinski definition) is 4. The zero-order valence-electron chi connectivity index (χ0n) is 11.8. The second-order valence-electron chi connectivity index (χ2n) is 5.37. The summed E-state index contributed by atoms with van der Waals surface area (Å²) in [6, 6.07) is 8.08. The Morgan fingerprint density at radius 2 is 2.10 bits per heavy atom. The molecule has 1 aliphatic rings. The van der Waals surface area contributed by atoms with E-state index in [9.17, 15) is 4.79 Å². The van der Waals surface area contributed by atoms with E-state index in [1.165, 1.54) is 0 Å². The lowest BCUT2D eigenvalue weighted by atomic mass is 9.96. The first-order valence-electron chi connectivity index (χ1n) is 6.93. The van der Waals surface area contributed by atoms with E-state index in [0.717, 1.165) is 37.2 Å². The number of carbonyl (C=O) groups is 1. The minimum Gasteiger partial charge on any atom is -0.497 e. The van der Waals surface area contributed by atoms with Gasteiger partial charge in [-0.05, 0) is 30.5 Å². The SMILES string of the molecule is COc1ccc(CN2C[C@H](N)CC[C@H]2CC(=O)O)cc1. The highest BCUT2D eigenvalue weighted by atomic mass is 16.5. The summed E-state index contributed by atoms with van der Waals surface area (Å²) in [5.74, 6) is 0.0800. The quantitative estimate of drug-likeness (QED) is 0.853. The van der Waals surface area contributed by atoms with Crippen LogP contribution in [-0.4, -0.2) is 41.7 Å². The fourth-order valence-corrected chi connectivity index (χ4v) is 2.72. The van der Waals surface area contributed by atoms with Crippen molar-refractivity contribution in [3.63, 3.8) is 0 Å². The highest BCUT2D eigenvalue weighted by Gasteiger charge is 2.28. The van der Waals surface area contributed by atoms with Gasteiger partial charge in [-0.25, -0.2) is 0 Å². The third-order valence-electron chi connectivity index (χ3n) is 3.81. The molecule has 0 bridgehead atoms. The van der Waals surface area contributed by atoms with Crippen molar-refractivity contribution in [1.82, 2.24) is 4.90 Å². The Morgan fingerprint density at radius 1 is 1.40 bits per heavy atom. The summed E-state index contributed by atoms with van der Waals surface area (Å²) in [5.41, 5.74) is 7.16. The van der Waals surface area contributed by atoms with Gasteiger partial charge in [0, 0.05) is 25.2 Å². The molecule has 2 rings (SSSR count). The number of aliphatic carboxylic acids is 1. The monoisotopic (exact) mass is 278 g/mol. The number of likely N-dealkylation sites (tertiary alicyclic amines) is 1. The predicted octanol–water partition coefficient (Wildman–Crippen LogP) is 1.46. The number of nitrogens with zero attached hydrogens (tertiary/aromatic N) is 1. The van der Waals surface area contributed by atoms with Gasteiger partial charge >= 0.3 is 5.97 Å². The summed E-state index contributed by atoms with van der Waals surface area (Å²) in [6.07, 6.45) is 1.93. The number of ether oxygens (including phenoxy) is 1. The van der Waals surface area contributed by atoms with Crippen molar-refractivity contribution in [2.75, 3.05) is 13.7 Å². The molecule has 2 atom stereocenters. The van der Waals surface area contributed by atoms with Gasteiger partial charge in [-0.15, -0.1) is 0 Å². The molecule has 0 amide bonds. The van der Waals surface area contributed by atoms with Crippen LogP contribution in [0.25, 0.3) is 0 Å². The van der Waals surface area contributed by atoms with E-state index >= 15 is 0 Å². The molecule has 0 unspecified atom stereocenters. The van der Waals surface area contributed by atoms with Gasteiger partial charge in [-0.2, -0.15) is 0 Å². The fourth-order valence-electron chi connectivity index (χ4n) is 2.72. The highest BCUT2D eigenvalue weighted by molar-refractivity contribution is 5.67. The smallest absolute Gasteiger partial charge is 0.304 e. The van der Waals surface area contributed by atoms with E-state index in [1.54, 1.807) is 7.11 Å². The van der Waals surface area contributed by atoms with Crippen molar-refractivity contribution in [2.24, 2.45) is 5.73 Å². The summed E-state index contributed by atoms with van der Waals surface area (Å²) in [7, 11) is 1.64. The van der Waals surface area contributed by atoms with Crippen LogP contribution in [-0.2, 0) is 11.3 Å². The lowest BCUT2D eigenvalue weighted by Crippen LogP contribution is -2.48. The molecule has 5 nitrogen and oxygen atoms in total. The molecule has 20 heavy (non-hydrogen) atoms. The van der Waals surface area contributed by atoms with Crippen LogP contribution in [0.5, 0.6) is 5.75 Å². The molecule has 1 aliphatic heterocycles. The topological polar surface area (TPSA) is 75.8 Å². The second kappa shape index (κ2) is 6.72. The number of methoxy groups -OCH3 is 1. The van der Waals surface area contributed by atoms with E-state index < -0.39 is 5.97 Å². The summed E-state index contributed by atoms with van der Waals surface area (Å²) >= 11 is 0. The van der Waals surface area contributed by atoms with Crippen molar-refractivity contribution in [2.45, 2.75) is 37.9 Å². The van der Waals surface area contributed by atoms with Gasteiger partial charge in [0.1, 0.15) is 5.75 Å². The van der Waals surface area contributed by atoms with Crippen LogP contribution in [0, 0.1) is 0 Å². The van der Waals surface area contributed by atoms with Crippen molar-refractivity contribution in [3.05, 3.63) is 29.8 Å². The maximum absolute atomic E-state index is 11.0. The third-order valence-corrected chi connectivity index (χ3v) is 3.81. The molecule has 110 valence electrons. The number of carboxylic acid groups (broad SMARTS) is 1. The van der Waals surface area contributed by atoms with Crippen LogP contribution >= 0.6 is 0 Å². The molecule has 1 aromatic rings. The Kier molecular flexibility index (Phi) is 4.98. The molecule has 0 aliphatic carbocycles. The number of piperidine rings is 1. The Morgan fingerprint density at radius 3 is 2.70 bits per heavy atom. The van der Waals surface area contributed by atoms with Crippen LogP contribution in [0.3, 0.4) is 0 Å². The normalized spacial score (nSPS) is 23.5. The largest absolute Gasteiger partial charge is 0.497 e. The fraction of sp³-hybridized carbons (Fsp3) is 0.533. The lowest BCUT2D eigenvalue weighted by Gasteiger charge is -2.38. The van der Waals surface area contributed by atoms with E-state index in [0.29, 0.717) is 0 Å². The van der Waals surface area contributed by atoms with E-state index in [1.807, 2.05) is 24.3 Å². The summed E-state index contributed by atoms with van der Waals surface area (Å²) in [4.78, 5) is 13.1. The summed E-state index contributed by atoms with van der Waals surface area (Å²) < 4.78 is 5.14. The highest BCUT2D eigenvalue weighted by Crippen LogP contribution is 2.22. The molecule has 3 N–H and O–H groups in total. The Hall–Kier alpha value is -1.59. The molecule has 0 aromatic heterocycles. The number of hydrogen-bond donors (Lipinski definition) is 2. The van der Waals surface area contributed by atoms with Gasteiger partial charge in [-0.3, -0.25) is 9.69 Å². The Bertz CT molecular complexity index is 447. The van der Waals surface area contributed by atoms with Crippen molar-refractivity contribution in [1.29, 1.82) is 0 Å². The minimum absolute atomic E-state index is 0.0781. The Labute approximate surface area is 119 Å². The van der Waals surface area contributed by atoms with E-state index in [2.05, 4.69) is 4.90 Å². The molecule has 0 spiro atoms. The van der Waals surface area contributed by atoms with Crippen LogP contribution < -0.4 is 10.5 Å². The van der Waals surface area contributed by atoms with Gasteiger partial charge in [0.2, 0.25) is 0 Å². The molecule has 5 heteroatoms. The number of carboxylic acids is 1. The molecule has 1 fully saturated rings.